The molecule has 9 heteroatoms. The van der Waals surface area contributed by atoms with Crippen molar-refractivity contribution in [2.45, 2.75) is 12.3 Å². The van der Waals surface area contributed by atoms with Crippen LogP contribution >= 0.6 is 11.3 Å². The summed E-state index contributed by atoms with van der Waals surface area (Å²) < 4.78 is 45.2. The number of nitrogens with zero attached hydrogens (tertiary/aromatic N) is 2. The molecule has 0 fully saturated rings. The van der Waals surface area contributed by atoms with Crippen LogP contribution in [0.15, 0.2) is 71.3 Å². The molecule has 2 aromatic heterocycles. The van der Waals surface area contributed by atoms with Gasteiger partial charge in [0.15, 0.2) is 15.0 Å². The molecule has 0 aliphatic rings. The van der Waals surface area contributed by atoms with Crippen LogP contribution in [0.1, 0.15) is 11.3 Å². The van der Waals surface area contributed by atoms with Crippen LogP contribution in [0.25, 0.3) is 10.2 Å². The Morgan fingerprint density at radius 2 is 1.87 bits per heavy atom. The summed E-state index contributed by atoms with van der Waals surface area (Å²) in [6, 6.07) is 16.5. The van der Waals surface area contributed by atoms with Crippen LogP contribution in [0.5, 0.6) is 0 Å². The molecule has 0 aliphatic heterocycles. The maximum atomic E-state index is 14.1. The average Bonchev–Trinajstić information content (AvgIpc) is 3.36. The van der Waals surface area contributed by atoms with E-state index in [0.29, 0.717) is 16.0 Å². The first-order valence-corrected chi connectivity index (χ1v) is 11.7. The maximum absolute atomic E-state index is 14.1. The first-order chi connectivity index (χ1) is 14.4. The van der Waals surface area contributed by atoms with Gasteiger partial charge in [0.2, 0.25) is 5.91 Å². The predicted molar refractivity (Wildman–Crippen MR) is 113 cm³/mol. The number of carbonyl (C=O) groups is 1. The van der Waals surface area contributed by atoms with E-state index in [1.165, 1.54) is 17.2 Å². The van der Waals surface area contributed by atoms with Gasteiger partial charge in [0.1, 0.15) is 22.8 Å². The summed E-state index contributed by atoms with van der Waals surface area (Å²) in [7, 11) is -3.72. The third-order valence-corrected chi connectivity index (χ3v) is 6.86. The molecule has 0 aliphatic carbocycles. The van der Waals surface area contributed by atoms with Crippen molar-refractivity contribution in [3.63, 3.8) is 0 Å². The summed E-state index contributed by atoms with van der Waals surface area (Å²) in [5.74, 6) is -1.63. The lowest BCUT2D eigenvalue weighted by Gasteiger charge is -2.18. The number of carbonyl (C=O) groups excluding carboxylic acids is 1. The zero-order valence-corrected chi connectivity index (χ0v) is 17.3. The van der Waals surface area contributed by atoms with Crippen molar-refractivity contribution in [2.75, 3.05) is 10.7 Å². The molecule has 0 unspecified atom stereocenters. The number of fused-ring (bicyclic) bond motifs is 1. The zero-order chi connectivity index (χ0) is 21.1. The molecule has 0 spiro atoms. The summed E-state index contributed by atoms with van der Waals surface area (Å²) in [6.07, 6.45) is 1.46. The van der Waals surface area contributed by atoms with Crippen molar-refractivity contribution < 1.29 is 22.0 Å². The van der Waals surface area contributed by atoms with Crippen LogP contribution in [0, 0.1) is 5.82 Å². The monoisotopic (exact) mass is 444 g/mol. The number of halogens is 1. The number of benzene rings is 2. The first kappa shape index (κ1) is 20.2. The second-order valence-electron chi connectivity index (χ2n) is 6.66. The van der Waals surface area contributed by atoms with Crippen LogP contribution in [0.2, 0.25) is 0 Å². The van der Waals surface area contributed by atoms with E-state index in [-0.39, 0.29) is 22.9 Å². The van der Waals surface area contributed by atoms with Gasteiger partial charge in [0, 0.05) is 0 Å². The van der Waals surface area contributed by atoms with Gasteiger partial charge in [0.25, 0.3) is 0 Å². The average molecular weight is 445 g/mol. The normalized spacial score (nSPS) is 11.6. The number of hydrogen-bond donors (Lipinski definition) is 0. The highest BCUT2D eigenvalue weighted by Gasteiger charge is 2.27. The van der Waals surface area contributed by atoms with Crippen LogP contribution in [-0.4, -0.2) is 25.1 Å². The predicted octanol–water partition coefficient (Wildman–Crippen LogP) is 4.18. The zero-order valence-electron chi connectivity index (χ0n) is 15.7. The Morgan fingerprint density at radius 1 is 1.07 bits per heavy atom. The Kier molecular flexibility index (Phi) is 5.65. The molecule has 2 aromatic carbocycles. The van der Waals surface area contributed by atoms with Crippen LogP contribution in [0.3, 0.4) is 0 Å². The second kappa shape index (κ2) is 8.37. The van der Waals surface area contributed by atoms with Gasteiger partial charge in [-0.15, -0.1) is 0 Å². The number of sulfone groups is 1. The number of aromatic nitrogens is 1. The van der Waals surface area contributed by atoms with Gasteiger partial charge >= 0.3 is 0 Å². The molecule has 0 radical (unpaired) electrons. The SMILES string of the molecule is O=C(CS(=O)(=O)Cc1ccccc1)N(Cc1ccco1)c1nc2c(F)cccc2s1. The molecule has 4 rings (SSSR count). The standard InChI is InChI=1S/C21H17FN2O4S2/c22-17-9-4-10-18-20(17)23-21(29-18)24(12-16-8-5-11-28-16)19(25)14-30(26,27)13-15-6-2-1-3-7-15/h1-11H,12-14H2. The molecule has 0 saturated carbocycles. The molecule has 0 N–H and O–H groups in total. The minimum Gasteiger partial charge on any atom is -0.467 e. The van der Waals surface area contributed by atoms with Crippen LogP contribution < -0.4 is 4.90 Å². The number of anilines is 1. The van der Waals surface area contributed by atoms with E-state index in [0.717, 1.165) is 11.3 Å². The van der Waals surface area contributed by atoms with E-state index in [4.69, 9.17) is 4.42 Å². The lowest BCUT2D eigenvalue weighted by Crippen LogP contribution is -2.35. The van der Waals surface area contributed by atoms with Crippen molar-refractivity contribution in [3.8, 4) is 0 Å². The quantitative estimate of drug-likeness (QED) is 0.427. The van der Waals surface area contributed by atoms with E-state index in [1.54, 1.807) is 54.6 Å². The Balaban J connectivity index is 1.63. The summed E-state index contributed by atoms with van der Waals surface area (Å²) in [6.45, 7) is -0.00582. The fourth-order valence-corrected chi connectivity index (χ4v) is 5.32. The molecule has 154 valence electrons. The maximum Gasteiger partial charge on any atom is 0.244 e. The molecule has 1 amide bonds. The number of para-hydroxylation sites is 1. The molecule has 0 bridgehead atoms. The van der Waals surface area contributed by atoms with E-state index < -0.39 is 27.3 Å². The largest absolute Gasteiger partial charge is 0.467 e. The van der Waals surface area contributed by atoms with Gasteiger partial charge in [-0.1, -0.05) is 47.7 Å². The molecular formula is C21H17FN2O4S2. The molecule has 0 saturated heterocycles. The lowest BCUT2D eigenvalue weighted by atomic mass is 10.2. The number of hydrogen-bond acceptors (Lipinski definition) is 6. The minimum atomic E-state index is -3.72. The highest BCUT2D eigenvalue weighted by Crippen LogP contribution is 2.31. The van der Waals surface area contributed by atoms with E-state index >= 15 is 0 Å². The Labute approximate surface area is 176 Å². The van der Waals surface area contributed by atoms with Gasteiger partial charge in [-0.05, 0) is 29.8 Å². The Bertz CT molecular complexity index is 1270. The minimum absolute atomic E-state index is 0.00582. The molecule has 2 heterocycles. The molecule has 6 nitrogen and oxygen atoms in total. The summed E-state index contributed by atoms with van der Waals surface area (Å²) in [4.78, 5) is 18.5. The lowest BCUT2D eigenvalue weighted by molar-refractivity contribution is -0.116. The van der Waals surface area contributed by atoms with E-state index in [2.05, 4.69) is 4.98 Å². The summed E-state index contributed by atoms with van der Waals surface area (Å²) in [5, 5.41) is 0.214. The van der Waals surface area contributed by atoms with E-state index in [1.807, 2.05) is 0 Å². The summed E-state index contributed by atoms with van der Waals surface area (Å²) >= 11 is 1.12. The first-order valence-electron chi connectivity index (χ1n) is 9.03. The number of thiazole rings is 1. The van der Waals surface area contributed by atoms with Gasteiger partial charge in [-0.25, -0.2) is 17.8 Å². The Hall–Kier alpha value is -3.04. The molecule has 4 aromatic rings. The van der Waals surface area contributed by atoms with Crippen LogP contribution in [0.4, 0.5) is 9.52 Å². The third-order valence-electron chi connectivity index (χ3n) is 4.36. The number of rotatable bonds is 7. The number of amides is 1. The second-order valence-corrected chi connectivity index (χ2v) is 9.73. The van der Waals surface area contributed by atoms with Crippen LogP contribution in [-0.2, 0) is 26.9 Å². The smallest absolute Gasteiger partial charge is 0.244 e. The molecule has 0 atom stereocenters. The highest BCUT2D eigenvalue weighted by molar-refractivity contribution is 7.91. The molecule has 30 heavy (non-hydrogen) atoms. The van der Waals surface area contributed by atoms with Gasteiger partial charge in [0.05, 0.1) is 23.3 Å². The van der Waals surface area contributed by atoms with Crippen molar-refractivity contribution in [1.82, 2.24) is 4.98 Å². The fourth-order valence-electron chi connectivity index (χ4n) is 2.98. The summed E-state index contributed by atoms with van der Waals surface area (Å²) in [5.41, 5.74) is 0.742. The molecular weight excluding hydrogens is 427 g/mol. The topological polar surface area (TPSA) is 80.5 Å². The Morgan fingerprint density at radius 3 is 2.57 bits per heavy atom. The van der Waals surface area contributed by atoms with Gasteiger partial charge in [-0.2, -0.15) is 0 Å². The van der Waals surface area contributed by atoms with Crippen molar-refractivity contribution in [3.05, 3.63) is 84.1 Å². The van der Waals surface area contributed by atoms with Gasteiger partial charge in [-0.3, -0.25) is 9.69 Å². The third kappa shape index (κ3) is 4.58. The van der Waals surface area contributed by atoms with Crippen molar-refractivity contribution >= 4 is 42.4 Å². The van der Waals surface area contributed by atoms with Crippen molar-refractivity contribution in [1.29, 1.82) is 0 Å². The highest BCUT2D eigenvalue weighted by atomic mass is 32.2. The van der Waals surface area contributed by atoms with E-state index in [9.17, 15) is 17.6 Å². The van der Waals surface area contributed by atoms with Crippen molar-refractivity contribution in [2.24, 2.45) is 0 Å². The fraction of sp³-hybridized carbons (Fsp3) is 0.143. The van der Waals surface area contributed by atoms with Gasteiger partial charge < -0.3 is 4.42 Å². The number of furan rings is 1.